The van der Waals surface area contributed by atoms with Crippen molar-refractivity contribution >= 4 is 6.41 Å². The number of hydrogen-bond donors (Lipinski definition) is 1. The maximum atomic E-state index is 11.9. The molecule has 0 unspecified atom stereocenters. The van der Waals surface area contributed by atoms with Gasteiger partial charge in [0.15, 0.2) is 11.5 Å². The van der Waals surface area contributed by atoms with Crippen LogP contribution in [0.5, 0.6) is 23.0 Å². The van der Waals surface area contributed by atoms with Crippen LogP contribution in [0, 0.1) is 0 Å². The topological polar surface area (TPSA) is 68.2 Å². The van der Waals surface area contributed by atoms with Gasteiger partial charge in [0.25, 0.3) is 0 Å². The van der Waals surface area contributed by atoms with Crippen LogP contribution in [0.15, 0.2) is 97.1 Å². The van der Waals surface area contributed by atoms with E-state index in [0.29, 0.717) is 50.0 Å². The third kappa shape index (κ3) is 7.51. The van der Waals surface area contributed by atoms with Crippen LogP contribution in [-0.2, 0) is 31.0 Å². The molecule has 0 radical (unpaired) electrons. The normalized spacial score (nSPS) is 10.5. The number of ether oxygens (including phenoxy) is 3. The molecule has 0 saturated heterocycles. The molecule has 0 bridgehead atoms. The minimum atomic E-state index is 0.222. The van der Waals surface area contributed by atoms with Crippen LogP contribution >= 0.6 is 0 Å². The van der Waals surface area contributed by atoms with Crippen molar-refractivity contribution in [3.8, 4) is 23.0 Å². The number of methoxy groups -OCH3 is 1. The van der Waals surface area contributed by atoms with E-state index in [-0.39, 0.29) is 5.75 Å². The second kappa shape index (κ2) is 13.0. The van der Waals surface area contributed by atoms with Crippen LogP contribution in [0.4, 0.5) is 0 Å². The first-order chi connectivity index (χ1) is 18.1. The van der Waals surface area contributed by atoms with Gasteiger partial charge in [-0.25, -0.2) is 0 Å². The number of nitrogens with zero attached hydrogens (tertiary/aromatic N) is 1. The molecule has 0 atom stereocenters. The Kier molecular flexibility index (Phi) is 9.02. The number of hydrogen-bond acceptors (Lipinski definition) is 5. The number of aromatic hydroxyl groups is 1. The molecule has 0 heterocycles. The lowest BCUT2D eigenvalue weighted by atomic mass is 10.1. The fraction of sp³-hybridized carbons (Fsp3) is 0.194. The summed E-state index contributed by atoms with van der Waals surface area (Å²) >= 11 is 0. The van der Waals surface area contributed by atoms with Crippen molar-refractivity contribution in [1.29, 1.82) is 0 Å². The number of carbonyl (C=O) groups is 1. The molecule has 6 nitrogen and oxygen atoms in total. The van der Waals surface area contributed by atoms with E-state index in [0.717, 1.165) is 28.7 Å². The zero-order chi connectivity index (χ0) is 25.9. The summed E-state index contributed by atoms with van der Waals surface area (Å²) in [6.45, 7) is 1.66. The van der Waals surface area contributed by atoms with Gasteiger partial charge in [-0.3, -0.25) is 4.79 Å². The molecule has 0 aliphatic heterocycles. The van der Waals surface area contributed by atoms with Crippen molar-refractivity contribution in [2.75, 3.05) is 13.7 Å². The Hall–Kier alpha value is -4.45. The summed E-state index contributed by atoms with van der Waals surface area (Å²) in [5, 5.41) is 9.50. The highest BCUT2D eigenvalue weighted by molar-refractivity contribution is 5.55. The summed E-state index contributed by atoms with van der Waals surface area (Å²) in [6.07, 6.45) is 1.52. The lowest BCUT2D eigenvalue weighted by Crippen LogP contribution is -2.24. The smallest absolute Gasteiger partial charge is 0.210 e. The van der Waals surface area contributed by atoms with E-state index in [1.165, 1.54) is 0 Å². The fourth-order valence-electron chi connectivity index (χ4n) is 3.95. The monoisotopic (exact) mass is 497 g/mol. The molecule has 37 heavy (non-hydrogen) atoms. The predicted octanol–water partition coefficient (Wildman–Crippen LogP) is 5.76. The van der Waals surface area contributed by atoms with Gasteiger partial charge in [0.2, 0.25) is 12.2 Å². The second-order valence-electron chi connectivity index (χ2n) is 8.67. The van der Waals surface area contributed by atoms with Gasteiger partial charge in [-0.05, 0) is 52.9 Å². The van der Waals surface area contributed by atoms with Crippen molar-refractivity contribution in [2.45, 2.75) is 26.2 Å². The Balaban J connectivity index is 1.54. The van der Waals surface area contributed by atoms with Gasteiger partial charge in [-0.2, -0.15) is 0 Å². The van der Waals surface area contributed by atoms with Gasteiger partial charge < -0.3 is 24.2 Å². The lowest BCUT2D eigenvalue weighted by molar-refractivity contribution is -0.118. The van der Waals surface area contributed by atoms with Gasteiger partial charge in [0, 0.05) is 13.1 Å². The van der Waals surface area contributed by atoms with Crippen LogP contribution < -0.4 is 14.2 Å². The summed E-state index contributed by atoms with van der Waals surface area (Å²) in [4.78, 5) is 13.6. The molecule has 1 amide bonds. The van der Waals surface area contributed by atoms with Gasteiger partial charge in [0.05, 0.1) is 7.11 Å². The second-order valence-corrected chi connectivity index (χ2v) is 8.67. The number of phenolic OH excluding ortho intramolecular Hbond substituents is 1. The molecule has 0 aromatic heterocycles. The molecular weight excluding hydrogens is 466 g/mol. The van der Waals surface area contributed by atoms with Crippen molar-refractivity contribution < 1.29 is 24.1 Å². The Labute approximate surface area is 217 Å². The Morgan fingerprint density at radius 2 is 1.27 bits per heavy atom. The van der Waals surface area contributed by atoms with E-state index >= 15 is 0 Å². The minimum Gasteiger partial charge on any atom is -0.508 e. The molecule has 190 valence electrons. The highest BCUT2D eigenvalue weighted by Gasteiger charge is 2.17. The van der Waals surface area contributed by atoms with Crippen LogP contribution in [0.25, 0.3) is 0 Å². The van der Waals surface area contributed by atoms with Crippen LogP contribution in [0.2, 0.25) is 0 Å². The first-order valence-electron chi connectivity index (χ1n) is 12.2. The molecule has 0 spiro atoms. The maximum Gasteiger partial charge on any atom is 0.210 e. The summed E-state index contributed by atoms with van der Waals surface area (Å²) in [7, 11) is 1.59. The highest BCUT2D eigenvalue weighted by Crippen LogP contribution is 2.40. The van der Waals surface area contributed by atoms with Gasteiger partial charge in [0.1, 0.15) is 19.0 Å². The number of rotatable bonds is 13. The van der Waals surface area contributed by atoms with Crippen molar-refractivity contribution in [2.24, 2.45) is 0 Å². The Bertz CT molecular complexity index is 1200. The van der Waals surface area contributed by atoms with Gasteiger partial charge >= 0.3 is 0 Å². The molecular formula is C31H31NO5. The number of benzene rings is 4. The molecule has 0 fully saturated rings. The van der Waals surface area contributed by atoms with Crippen LogP contribution in [0.1, 0.15) is 22.3 Å². The quantitative estimate of drug-likeness (QED) is 0.238. The van der Waals surface area contributed by atoms with E-state index in [9.17, 15) is 9.90 Å². The van der Waals surface area contributed by atoms with Gasteiger partial charge in [-0.15, -0.1) is 0 Å². The van der Waals surface area contributed by atoms with E-state index in [1.807, 2.05) is 84.9 Å². The van der Waals surface area contributed by atoms with E-state index in [1.54, 1.807) is 24.1 Å². The molecule has 0 saturated carbocycles. The van der Waals surface area contributed by atoms with Crippen molar-refractivity contribution in [3.05, 3.63) is 119 Å². The summed E-state index contributed by atoms with van der Waals surface area (Å²) in [5.74, 6) is 1.84. The molecule has 6 heteroatoms. The zero-order valence-electron chi connectivity index (χ0n) is 20.9. The minimum absolute atomic E-state index is 0.222. The third-order valence-electron chi connectivity index (χ3n) is 5.92. The first-order valence-corrected chi connectivity index (χ1v) is 12.2. The average Bonchev–Trinajstić information content (AvgIpc) is 2.94. The Morgan fingerprint density at radius 1 is 0.730 bits per heavy atom. The molecule has 1 N–H and O–H groups in total. The maximum absolute atomic E-state index is 11.9. The predicted molar refractivity (Wildman–Crippen MR) is 143 cm³/mol. The Morgan fingerprint density at radius 3 is 1.76 bits per heavy atom. The van der Waals surface area contributed by atoms with Crippen molar-refractivity contribution in [3.63, 3.8) is 0 Å². The molecule has 4 aromatic carbocycles. The summed E-state index contributed by atoms with van der Waals surface area (Å²) < 4.78 is 18.0. The largest absolute Gasteiger partial charge is 0.508 e. The molecule has 0 aliphatic carbocycles. The fourth-order valence-corrected chi connectivity index (χ4v) is 3.95. The zero-order valence-corrected chi connectivity index (χ0v) is 20.9. The summed E-state index contributed by atoms with van der Waals surface area (Å²) in [5.41, 5.74) is 3.97. The molecule has 4 rings (SSSR count). The van der Waals surface area contributed by atoms with Crippen molar-refractivity contribution in [1.82, 2.24) is 4.90 Å². The molecule has 4 aromatic rings. The number of phenols is 1. The van der Waals surface area contributed by atoms with E-state index in [2.05, 4.69) is 0 Å². The lowest BCUT2D eigenvalue weighted by Gasteiger charge is -2.21. The van der Waals surface area contributed by atoms with Gasteiger partial charge in [-0.1, -0.05) is 72.8 Å². The third-order valence-corrected chi connectivity index (χ3v) is 5.92. The van der Waals surface area contributed by atoms with E-state index < -0.39 is 0 Å². The SMILES string of the molecule is COc1c(OCc2ccccc2)cc(CN(C=O)CCc2ccc(O)cc2)cc1OCc1ccccc1. The highest BCUT2D eigenvalue weighted by atomic mass is 16.5. The summed E-state index contributed by atoms with van der Waals surface area (Å²) in [6, 6.07) is 30.6. The molecule has 0 aliphatic rings. The standard InChI is InChI=1S/C31H31NO5/c1-35-31-29(36-21-25-8-4-2-5-9-25)18-27(19-30(31)37-22-26-10-6-3-7-11-26)20-32(23-33)17-16-24-12-14-28(34)15-13-24/h2-15,18-19,23,34H,16-17,20-22H2,1H3. The number of carbonyl (C=O) groups excluding carboxylic acids is 1. The average molecular weight is 498 g/mol. The first kappa shape index (κ1) is 25.6. The van der Waals surface area contributed by atoms with Crippen LogP contribution in [0.3, 0.4) is 0 Å². The number of amides is 1. The van der Waals surface area contributed by atoms with E-state index in [4.69, 9.17) is 14.2 Å². The van der Waals surface area contributed by atoms with Crippen LogP contribution in [-0.4, -0.2) is 30.1 Å².